The fourth-order valence-electron chi connectivity index (χ4n) is 4.07. The molecule has 1 aromatic carbocycles. The van der Waals surface area contributed by atoms with Crippen molar-refractivity contribution in [3.05, 3.63) is 64.0 Å². The summed E-state index contributed by atoms with van der Waals surface area (Å²) >= 11 is 3.02. The number of nitrogens with zero attached hydrogens (tertiary/aromatic N) is 4. The molecule has 34 heavy (non-hydrogen) atoms. The molecule has 1 atom stereocenters. The number of carbonyl (C=O) groups is 2. The second-order valence-electron chi connectivity index (χ2n) is 8.79. The number of likely N-dealkylation sites (N-methyl/N-ethyl adjacent to an activating group) is 1. The molecular formula is C25H29N5O2S2. The van der Waals surface area contributed by atoms with E-state index in [1.54, 1.807) is 11.9 Å². The molecule has 3 heterocycles. The number of nitrogens with one attached hydrogen (secondary N) is 1. The van der Waals surface area contributed by atoms with Gasteiger partial charge in [-0.05, 0) is 31.7 Å². The van der Waals surface area contributed by atoms with Crippen molar-refractivity contribution in [3.8, 4) is 10.4 Å². The molecule has 9 heteroatoms. The first-order valence-electron chi connectivity index (χ1n) is 11.3. The fraction of sp³-hybridized carbons (Fsp3) is 0.360. The summed E-state index contributed by atoms with van der Waals surface area (Å²) in [5, 5.41) is 5.80. The molecule has 1 N–H and O–H groups in total. The molecule has 7 nitrogen and oxygen atoms in total. The number of thiazole rings is 2. The van der Waals surface area contributed by atoms with Crippen LogP contribution in [-0.4, -0.2) is 50.7 Å². The number of carbonyl (C=O) groups excluding carboxylic acids is 2. The maximum atomic E-state index is 13.6. The number of aromatic nitrogens is 3. The van der Waals surface area contributed by atoms with E-state index < -0.39 is 0 Å². The van der Waals surface area contributed by atoms with Crippen LogP contribution in [0.5, 0.6) is 0 Å². The second kappa shape index (κ2) is 10.1. The SMILES string of the molecule is Cc1nc(C(=O)N(C)C(CNC(=O)c2c(C)nc3sccn23)CC(C)C)c(-c2ccccc2)s1. The van der Waals surface area contributed by atoms with Crippen molar-refractivity contribution in [1.82, 2.24) is 24.6 Å². The summed E-state index contributed by atoms with van der Waals surface area (Å²) in [7, 11) is 1.80. The molecule has 3 aromatic heterocycles. The third-order valence-corrected chi connectivity index (χ3v) is 7.51. The first-order valence-corrected chi connectivity index (χ1v) is 13.0. The smallest absolute Gasteiger partial charge is 0.274 e. The Balaban J connectivity index is 1.55. The van der Waals surface area contributed by atoms with Gasteiger partial charge < -0.3 is 10.2 Å². The van der Waals surface area contributed by atoms with E-state index in [9.17, 15) is 9.59 Å². The van der Waals surface area contributed by atoms with Gasteiger partial charge in [0.2, 0.25) is 0 Å². The topological polar surface area (TPSA) is 79.6 Å². The average molecular weight is 496 g/mol. The highest BCUT2D eigenvalue weighted by atomic mass is 32.1. The summed E-state index contributed by atoms with van der Waals surface area (Å²) in [5.74, 6) is 0.0274. The molecule has 2 amide bonds. The number of imidazole rings is 1. The van der Waals surface area contributed by atoms with Crippen molar-refractivity contribution in [2.75, 3.05) is 13.6 Å². The minimum absolute atomic E-state index is 0.135. The third kappa shape index (κ3) is 4.90. The van der Waals surface area contributed by atoms with Gasteiger partial charge in [-0.15, -0.1) is 22.7 Å². The highest BCUT2D eigenvalue weighted by Gasteiger charge is 2.28. The lowest BCUT2D eigenvalue weighted by Crippen LogP contribution is -2.46. The van der Waals surface area contributed by atoms with E-state index in [2.05, 4.69) is 29.1 Å². The molecule has 0 aliphatic heterocycles. The highest BCUT2D eigenvalue weighted by Crippen LogP contribution is 2.31. The lowest BCUT2D eigenvalue weighted by molar-refractivity contribution is 0.0695. The summed E-state index contributed by atoms with van der Waals surface area (Å²) < 4.78 is 1.81. The van der Waals surface area contributed by atoms with Crippen LogP contribution in [0.4, 0.5) is 0 Å². The molecule has 0 aliphatic rings. The number of benzene rings is 1. The first kappa shape index (κ1) is 24.1. The molecule has 0 saturated heterocycles. The summed E-state index contributed by atoms with van der Waals surface area (Å²) in [4.78, 5) is 39.1. The summed E-state index contributed by atoms with van der Waals surface area (Å²) in [6.45, 7) is 8.33. The zero-order valence-corrected chi connectivity index (χ0v) is 21.7. The van der Waals surface area contributed by atoms with Gasteiger partial charge in [-0.25, -0.2) is 9.97 Å². The van der Waals surface area contributed by atoms with Gasteiger partial charge in [-0.3, -0.25) is 14.0 Å². The number of amides is 2. The molecule has 0 spiro atoms. The molecule has 0 bridgehead atoms. The molecule has 4 aromatic rings. The van der Waals surface area contributed by atoms with Crippen molar-refractivity contribution in [2.45, 2.75) is 40.2 Å². The number of hydrogen-bond acceptors (Lipinski definition) is 6. The Bertz CT molecular complexity index is 1310. The fourth-order valence-corrected chi connectivity index (χ4v) is 5.75. The van der Waals surface area contributed by atoms with Gasteiger partial charge in [0.25, 0.3) is 11.8 Å². The summed E-state index contributed by atoms with van der Waals surface area (Å²) in [6, 6.07) is 9.69. The minimum atomic E-state index is -0.188. The van der Waals surface area contributed by atoms with E-state index in [1.165, 1.54) is 22.7 Å². The van der Waals surface area contributed by atoms with Gasteiger partial charge in [0.1, 0.15) is 11.4 Å². The number of fused-ring (bicyclic) bond motifs is 1. The van der Waals surface area contributed by atoms with Crippen LogP contribution >= 0.6 is 22.7 Å². The zero-order chi connectivity index (χ0) is 24.4. The zero-order valence-electron chi connectivity index (χ0n) is 20.0. The highest BCUT2D eigenvalue weighted by molar-refractivity contribution is 7.15. The molecular weight excluding hydrogens is 466 g/mol. The number of rotatable bonds is 8. The molecule has 4 rings (SSSR count). The normalized spacial score (nSPS) is 12.3. The monoisotopic (exact) mass is 495 g/mol. The van der Waals surface area contributed by atoms with E-state index in [1.807, 2.05) is 60.2 Å². The van der Waals surface area contributed by atoms with Crippen molar-refractivity contribution >= 4 is 39.4 Å². The Labute approximate surface area is 207 Å². The molecule has 0 radical (unpaired) electrons. The first-order chi connectivity index (χ1) is 16.3. The lowest BCUT2D eigenvalue weighted by Gasteiger charge is -2.29. The predicted octanol–water partition coefficient (Wildman–Crippen LogP) is 5.05. The van der Waals surface area contributed by atoms with Crippen LogP contribution in [0.3, 0.4) is 0 Å². The molecule has 0 fully saturated rings. The van der Waals surface area contributed by atoms with E-state index in [0.29, 0.717) is 29.5 Å². The molecule has 1 unspecified atom stereocenters. The summed E-state index contributed by atoms with van der Waals surface area (Å²) in [6.07, 6.45) is 2.61. The van der Waals surface area contributed by atoms with Gasteiger partial charge >= 0.3 is 0 Å². The molecule has 178 valence electrons. The number of aryl methyl sites for hydroxylation is 2. The number of hydrogen-bond donors (Lipinski definition) is 1. The Hall–Kier alpha value is -3.04. The average Bonchev–Trinajstić information content (AvgIpc) is 3.49. The predicted molar refractivity (Wildman–Crippen MR) is 138 cm³/mol. The van der Waals surface area contributed by atoms with Gasteiger partial charge in [0.05, 0.1) is 15.6 Å². The maximum absolute atomic E-state index is 13.6. The quantitative estimate of drug-likeness (QED) is 0.371. The van der Waals surface area contributed by atoms with Crippen LogP contribution in [0.15, 0.2) is 41.9 Å². The van der Waals surface area contributed by atoms with Gasteiger partial charge in [-0.2, -0.15) is 0 Å². The van der Waals surface area contributed by atoms with Gasteiger partial charge in [0, 0.05) is 31.2 Å². The Morgan fingerprint density at radius 1 is 1.15 bits per heavy atom. The summed E-state index contributed by atoms with van der Waals surface area (Å²) in [5.41, 5.74) is 2.67. The van der Waals surface area contributed by atoms with Crippen LogP contribution < -0.4 is 5.32 Å². The van der Waals surface area contributed by atoms with Crippen LogP contribution in [0.1, 0.15) is 51.9 Å². The minimum Gasteiger partial charge on any atom is -0.349 e. The standard InChI is InChI=1S/C25H29N5O2S2/c1-15(2)13-19(14-26-23(31)21-16(3)27-25-30(21)11-12-33-25)29(5)24(32)20-22(34-17(4)28-20)18-9-7-6-8-10-18/h6-12,15,19H,13-14H2,1-5H3,(H,26,31). The Morgan fingerprint density at radius 3 is 2.59 bits per heavy atom. The lowest BCUT2D eigenvalue weighted by atomic mass is 10.0. The second-order valence-corrected chi connectivity index (χ2v) is 10.9. The molecule has 0 aliphatic carbocycles. The van der Waals surface area contributed by atoms with Crippen molar-refractivity contribution < 1.29 is 9.59 Å². The maximum Gasteiger partial charge on any atom is 0.274 e. The van der Waals surface area contributed by atoms with Crippen LogP contribution in [0, 0.1) is 19.8 Å². The van der Waals surface area contributed by atoms with E-state index in [-0.39, 0.29) is 17.9 Å². The van der Waals surface area contributed by atoms with Gasteiger partial charge in [0.15, 0.2) is 4.96 Å². The van der Waals surface area contributed by atoms with E-state index >= 15 is 0 Å². The van der Waals surface area contributed by atoms with E-state index in [0.717, 1.165) is 26.8 Å². The van der Waals surface area contributed by atoms with E-state index in [4.69, 9.17) is 0 Å². The van der Waals surface area contributed by atoms with Crippen molar-refractivity contribution in [3.63, 3.8) is 0 Å². The Morgan fingerprint density at radius 2 is 1.88 bits per heavy atom. The largest absolute Gasteiger partial charge is 0.349 e. The third-order valence-electron chi connectivity index (χ3n) is 5.73. The van der Waals surface area contributed by atoms with Crippen LogP contribution in [0.25, 0.3) is 15.4 Å². The van der Waals surface area contributed by atoms with Crippen LogP contribution in [0.2, 0.25) is 0 Å². The van der Waals surface area contributed by atoms with Gasteiger partial charge in [-0.1, -0.05) is 44.2 Å². The Kier molecular flexibility index (Phi) is 7.13. The van der Waals surface area contributed by atoms with Crippen molar-refractivity contribution in [1.29, 1.82) is 0 Å². The molecule has 0 saturated carbocycles. The van der Waals surface area contributed by atoms with Crippen molar-refractivity contribution in [2.24, 2.45) is 5.92 Å². The van der Waals surface area contributed by atoms with Crippen LogP contribution in [-0.2, 0) is 0 Å².